The van der Waals surface area contributed by atoms with Gasteiger partial charge in [0.25, 0.3) is 5.91 Å². The summed E-state index contributed by atoms with van der Waals surface area (Å²) in [5.41, 5.74) is 2.18. The molecular formula is C22H24FN3O3. The summed E-state index contributed by atoms with van der Waals surface area (Å²) in [4.78, 5) is 31.1. The molecule has 2 saturated heterocycles. The zero-order valence-corrected chi connectivity index (χ0v) is 16.2. The lowest BCUT2D eigenvalue weighted by Gasteiger charge is -2.36. The Morgan fingerprint density at radius 3 is 2.52 bits per heavy atom. The first-order chi connectivity index (χ1) is 14.1. The van der Waals surface area contributed by atoms with Gasteiger partial charge in [-0.25, -0.2) is 9.18 Å². The molecule has 0 aromatic heterocycles. The first-order valence-electron chi connectivity index (χ1n) is 9.90. The molecule has 0 aliphatic carbocycles. The number of morpholine rings is 1. The van der Waals surface area contributed by atoms with E-state index in [2.05, 4.69) is 0 Å². The van der Waals surface area contributed by atoms with Crippen LogP contribution in [0.25, 0.3) is 0 Å². The van der Waals surface area contributed by atoms with Crippen LogP contribution in [0.2, 0.25) is 0 Å². The predicted molar refractivity (Wildman–Crippen MR) is 107 cm³/mol. The van der Waals surface area contributed by atoms with Gasteiger partial charge in [0.15, 0.2) is 0 Å². The minimum atomic E-state index is -0.290. The minimum Gasteiger partial charge on any atom is -0.378 e. The number of rotatable bonds is 4. The molecule has 4 rings (SSSR count). The Hall–Kier alpha value is -2.93. The number of carbonyl (C=O) groups is 2. The highest BCUT2D eigenvalue weighted by molar-refractivity contribution is 5.98. The Morgan fingerprint density at radius 2 is 1.76 bits per heavy atom. The molecule has 7 heteroatoms. The van der Waals surface area contributed by atoms with Crippen LogP contribution in [0.3, 0.4) is 0 Å². The number of nitrogens with zero attached hydrogens (tertiary/aromatic N) is 3. The Labute approximate surface area is 169 Å². The number of ether oxygens (including phenoxy) is 1. The molecule has 2 aliphatic heterocycles. The van der Waals surface area contributed by atoms with Gasteiger partial charge in [0, 0.05) is 44.0 Å². The number of benzene rings is 2. The summed E-state index contributed by atoms with van der Waals surface area (Å²) in [6, 6.07) is 13.3. The highest BCUT2D eigenvalue weighted by atomic mass is 19.1. The van der Waals surface area contributed by atoms with Crippen molar-refractivity contribution in [1.29, 1.82) is 0 Å². The fourth-order valence-electron chi connectivity index (χ4n) is 3.73. The van der Waals surface area contributed by atoms with Gasteiger partial charge in [0.2, 0.25) is 0 Å². The van der Waals surface area contributed by atoms with Crippen molar-refractivity contribution in [3.8, 4) is 0 Å². The van der Waals surface area contributed by atoms with Crippen molar-refractivity contribution in [3.05, 3.63) is 65.5 Å². The van der Waals surface area contributed by atoms with E-state index in [9.17, 15) is 14.0 Å². The van der Waals surface area contributed by atoms with Crippen molar-refractivity contribution < 1.29 is 18.7 Å². The van der Waals surface area contributed by atoms with Crippen molar-refractivity contribution >= 4 is 17.6 Å². The maximum absolute atomic E-state index is 13.1. The summed E-state index contributed by atoms with van der Waals surface area (Å²) in [6.45, 7) is 3.95. The number of halogens is 1. The SMILES string of the molecule is O=C(c1cccc(N2CCCN(Cc3ccc(F)cc3)C2=O)c1)N1CCOCC1. The molecule has 2 fully saturated rings. The monoisotopic (exact) mass is 397 g/mol. The largest absolute Gasteiger partial charge is 0.378 e. The number of hydrogen-bond donors (Lipinski definition) is 0. The third-order valence-electron chi connectivity index (χ3n) is 5.30. The van der Waals surface area contributed by atoms with Crippen LogP contribution >= 0.6 is 0 Å². The Balaban J connectivity index is 1.49. The van der Waals surface area contributed by atoms with E-state index in [1.54, 1.807) is 39.0 Å². The lowest BCUT2D eigenvalue weighted by molar-refractivity contribution is 0.0303. The van der Waals surface area contributed by atoms with Crippen LogP contribution in [-0.4, -0.2) is 61.1 Å². The van der Waals surface area contributed by atoms with Gasteiger partial charge < -0.3 is 14.5 Å². The van der Waals surface area contributed by atoms with Crippen LogP contribution in [0.1, 0.15) is 22.3 Å². The fraction of sp³-hybridized carbons (Fsp3) is 0.364. The Kier molecular flexibility index (Phi) is 5.76. The molecule has 0 saturated carbocycles. The topological polar surface area (TPSA) is 53.1 Å². The minimum absolute atomic E-state index is 0.0391. The van der Waals surface area contributed by atoms with Crippen molar-refractivity contribution in [2.45, 2.75) is 13.0 Å². The van der Waals surface area contributed by atoms with E-state index in [1.165, 1.54) is 12.1 Å². The van der Waals surface area contributed by atoms with Crippen molar-refractivity contribution in [1.82, 2.24) is 9.80 Å². The summed E-state index contributed by atoms with van der Waals surface area (Å²) >= 11 is 0. The number of hydrogen-bond acceptors (Lipinski definition) is 3. The zero-order valence-electron chi connectivity index (χ0n) is 16.2. The highest BCUT2D eigenvalue weighted by Crippen LogP contribution is 2.23. The lowest BCUT2D eigenvalue weighted by atomic mass is 10.1. The maximum atomic E-state index is 13.1. The third-order valence-corrected chi connectivity index (χ3v) is 5.30. The zero-order chi connectivity index (χ0) is 20.2. The number of urea groups is 1. The van der Waals surface area contributed by atoms with Crippen molar-refractivity contribution in [3.63, 3.8) is 0 Å². The van der Waals surface area contributed by atoms with Crippen LogP contribution in [-0.2, 0) is 11.3 Å². The molecule has 2 heterocycles. The van der Waals surface area contributed by atoms with Gasteiger partial charge in [-0.3, -0.25) is 9.69 Å². The van der Waals surface area contributed by atoms with E-state index in [1.807, 2.05) is 12.1 Å². The first-order valence-corrected chi connectivity index (χ1v) is 9.90. The standard InChI is InChI=1S/C22H24FN3O3/c23-19-7-5-17(6-8-19)16-25-9-2-10-26(22(25)28)20-4-1-3-18(15-20)21(27)24-11-13-29-14-12-24/h1,3-8,15H,2,9-14,16H2. The molecule has 0 unspecified atom stereocenters. The van der Waals surface area contributed by atoms with Gasteiger partial charge in [-0.2, -0.15) is 0 Å². The summed E-state index contributed by atoms with van der Waals surface area (Å²) in [5.74, 6) is -0.329. The highest BCUT2D eigenvalue weighted by Gasteiger charge is 2.28. The van der Waals surface area contributed by atoms with Crippen LogP contribution in [0.15, 0.2) is 48.5 Å². The molecule has 152 valence electrons. The summed E-state index contributed by atoms with van der Waals surface area (Å²) < 4.78 is 18.4. The summed E-state index contributed by atoms with van der Waals surface area (Å²) in [7, 11) is 0. The molecule has 0 N–H and O–H groups in total. The van der Waals surface area contributed by atoms with Crippen LogP contribution in [0.5, 0.6) is 0 Å². The smallest absolute Gasteiger partial charge is 0.324 e. The molecule has 2 aliphatic rings. The Morgan fingerprint density at radius 1 is 1.00 bits per heavy atom. The van der Waals surface area contributed by atoms with Crippen molar-refractivity contribution in [2.24, 2.45) is 0 Å². The van der Waals surface area contributed by atoms with Crippen LogP contribution in [0, 0.1) is 5.82 Å². The van der Waals surface area contributed by atoms with Crippen LogP contribution in [0.4, 0.5) is 14.9 Å². The van der Waals surface area contributed by atoms with Crippen LogP contribution < -0.4 is 4.90 Å². The quantitative estimate of drug-likeness (QED) is 0.797. The predicted octanol–water partition coefficient (Wildman–Crippen LogP) is 3.13. The normalized spacial score (nSPS) is 17.6. The van der Waals surface area contributed by atoms with E-state index in [-0.39, 0.29) is 17.8 Å². The van der Waals surface area contributed by atoms with Gasteiger partial charge in [0.1, 0.15) is 5.82 Å². The fourth-order valence-corrected chi connectivity index (χ4v) is 3.73. The van der Waals surface area contributed by atoms with Gasteiger partial charge >= 0.3 is 6.03 Å². The van der Waals surface area contributed by atoms with Gasteiger partial charge in [-0.15, -0.1) is 0 Å². The van der Waals surface area contributed by atoms with E-state index in [4.69, 9.17) is 4.74 Å². The average Bonchev–Trinajstić information content (AvgIpc) is 2.77. The molecule has 0 atom stereocenters. The molecule has 2 aromatic carbocycles. The first kappa shape index (κ1) is 19.4. The molecule has 6 nitrogen and oxygen atoms in total. The summed E-state index contributed by atoms with van der Waals surface area (Å²) in [5, 5.41) is 0. The third kappa shape index (κ3) is 4.40. The second-order valence-corrected chi connectivity index (χ2v) is 7.29. The molecule has 29 heavy (non-hydrogen) atoms. The van der Waals surface area contributed by atoms with Gasteiger partial charge in [0.05, 0.1) is 13.2 Å². The molecule has 3 amide bonds. The van der Waals surface area contributed by atoms with Gasteiger partial charge in [-0.1, -0.05) is 18.2 Å². The van der Waals surface area contributed by atoms with E-state index in [0.29, 0.717) is 51.5 Å². The van der Waals surface area contributed by atoms with E-state index in [0.717, 1.165) is 17.7 Å². The van der Waals surface area contributed by atoms with E-state index < -0.39 is 0 Å². The van der Waals surface area contributed by atoms with Gasteiger partial charge in [-0.05, 0) is 42.3 Å². The molecule has 2 aromatic rings. The number of anilines is 1. The number of carbonyl (C=O) groups excluding carboxylic acids is 2. The second kappa shape index (κ2) is 8.61. The maximum Gasteiger partial charge on any atom is 0.324 e. The number of amides is 3. The van der Waals surface area contributed by atoms with Crippen molar-refractivity contribution in [2.75, 3.05) is 44.3 Å². The molecule has 0 radical (unpaired) electrons. The second-order valence-electron chi connectivity index (χ2n) is 7.29. The molecule has 0 spiro atoms. The molecule has 0 bridgehead atoms. The van der Waals surface area contributed by atoms with E-state index >= 15 is 0 Å². The Bertz CT molecular complexity index is 881. The average molecular weight is 397 g/mol. The molecular weight excluding hydrogens is 373 g/mol. The lowest BCUT2D eigenvalue weighted by Crippen LogP contribution is -2.49. The summed E-state index contributed by atoms with van der Waals surface area (Å²) in [6.07, 6.45) is 0.828.